The lowest BCUT2D eigenvalue weighted by Gasteiger charge is -2.08. The zero-order valence-electron chi connectivity index (χ0n) is 10.7. The molecule has 1 aromatic carbocycles. The molecule has 0 aliphatic rings. The lowest BCUT2D eigenvalue weighted by molar-refractivity contribution is 0.0685. The number of nitrogens with zero attached hydrogens (tertiary/aromatic N) is 1. The minimum absolute atomic E-state index is 0.110. The van der Waals surface area contributed by atoms with Crippen LogP contribution in [0.4, 0.5) is 0 Å². The second-order valence-electron chi connectivity index (χ2n) is 4.41. The molecule has 0 spiro atoms. The molecule has 4 nitrogen and oxygen atoms in total. The predicted octanol–water partition coefficient (Wildman–Crippen LogP) is 4.32. The second kappa shape index (κ2) is 5.57. The van der Waals surface area contributed by atoms with Gasteiger partial charge in [-0.05, 0) is 33.8 Å². The molecule has 5 heteroatoms. The van der Waals surface area contributed by atoms with Gasteiger partial charge in [0.05, 0.1) is 0 Å². The van der Waals surface area contributed by atoms with E-state index in [1.54, 1.807) is 0 Å². The van der Waals surface area contributed by atoms with Crippen molar-refractivity contribution in [2.45, 2.75) is 26.2 Å². The highest BCUT2D eigenvalue weighted by molar-refractivity contribution is 9.10. The summed E-state index contributed by atoms with van der Waals surface area (Å²) in [6, 6.07) is 7.88. The van der Waals surface area contributed by atoms with E-state index in [9.17, 15) is 4.79 Å². The number of benzene rings is 1. The van der Waals surface area contributed by atoms with Crippen molar-refractivity contribution in [3.8, 4) is 11.3 Å². The van der Waals surface area contributed by atoms with Gasteiger partial charge in [-0.25, -0.2) is 4.79 Å². The minimum atomic E-state index is -1.11. The quantitative estimate of drug-likeness (QED) is 0.910. The van der Waals surface area contributed by atoms with Crippen LogP contribution in [0, 0.1) is 0 Å². The number of hydrogen-bond donors (Lipinski definition) is 1. The first-order valence-corrected chi connectivity index (χ1v) is 6.82. The Kier molecular flexibility index (Phi) is 4.04. The Morgan fingerprint density at radius 3 is 2.53 bits per heavy atom. The van der Waals surface area contributed by atoms with Gasteiger partial charge >= 0.3 is 5.97 Å². The highest BCUT2D eigenvalue weighted by atomic mass is 79.9. The number of carboxylic acid groups (broad SMARTS) is 1. The maximum atomic E-state index is 10.9. The van der Waals surface area contributed by atoms with Crippen LogP contribution in [0.3, 0.4) is 0 Å². The lowest BCUT2D eigenvalue weighted by Crippen LogP contribution is -1.96. The van der Waals surface area contributed by atoms with E-state index < -0.39 is 5.97 Å². The average Bonchev–Trinajstić information content (AvgIpc) is 2.80. The van der Waals surface area contributed by atoms with Gasteiger partial charge in [0, 0.05) is 5.56 Å². The predicted molar refractivity (Wildman–Crippen MR) is 75.3 cm³/mol. The van der Waals surface area contributed by atoms with E-state index in [1.807, 2.05) is 24.3 Å². The van der Waals surface area contributed by atoms with E-state index in [0.29, 0.717) is 16.2 Å². The normalized spacial score (nSPS) is 12.4. The summed E-state index contributed by atoms with van der Waals surface area (Å²) in [7, 11) is 0. The number of aromatic carboxylic acids is 1. The van der Waals surface area contributed by atoms with Crippen molar-refractivity contribution in [1.82, 2.24) is 5.16 Å². The van der Waals surface area contributed by atoms with E-state index in [-0.39, 0.29) is 5.69 Å². The third kappa shape index (κ3) is 2.71. The smallest absolute Gasteiger partial charge is 0.359 e. The van der Waals surface area contributed by atoms with Crippen molar-refractivity contribution in [3.63, 3.8) is 0 Å². The summed E-state index contributed by atoms with van der Waals surface area (Å²) in [4.78, 5) is 10.9. The Morgan fingerprint density at radius 2 is 2.05 bits per heavy atom. The van der Waals surface area contributed by atoms with Crippen molar-refractivity contribution in [2.75, 3.05) is 0 Å². The molecule has 1 N–H and O–H groups in total. The average molecular weight is 324 g/mol. The fourth-order valence-corrected chi connectivity index (χ4v) is 2.33. The molecular weight excluding hydrogens is 310 g/mol. The molecule has 19 heavy (non-hydrogen) atoms. The van der Waals surface area contributed by atoms with Gasteiger partial charge in [-0.15, -0.1) is 0 Å². The standard InChI is InChI=1S/C14H14BrNO3/c1-3-8(2)9-4-6-10(7-5-9)13-11(15)12(14(17)18)16-19-13/h4-8H,3H2,1-2H3,(H,17,18). The SMILES string of the molecule is CCC(C)c1ccc(-c2onc(C(=O)O)c2Br)cc1. The Balaban J connectivity index is 2.35. The van der Waals surface area contributed by atoms with E-state index in [1.165, 1.54) is 5.56 Å². The molecule has 0 fully saturated rings. The van der Waals surface area contributed by atoms with Crippen LogP contribution in [0.5, 0.6) is 0 Å². The molecule has 0 saturated heterocycles. The van der Waals surface area contributed by atoms with E-state index in [0.717, 1.165) is 12.0 Å². The van der Waals surface area contributed by atoms with Crippen LogP contribution in [-0.4, -0.2) is 16.2 Å². The van der Waals surface area contributed by atoms with E-state index in [2.05, 4.69) is 34.9 Å². The van der Waals surface area contributed by atoms with Gasteiger partial charge < -0.3 is 9.63 Å². The zero-order valence-corrected chi connectivity index (χ0v) is 12.3. The first-order chi connectivity index (χ1) is 9.04. The zero-order chi connectivity index (χ0) is 14.0. The Hall–Kier alpha value is -1.62. The van der Waals surface area contributed by atoms with Gasteiger partial charge in [0.1, 0.15) is 4.47 Å². The molecule has 0 aliphatic heterocycles. The number of rotatable bonds is 4. The summed E-state index contributed by atoms with van der Waals surface area (Å²) in [5.74, 6) is -0.173. The summed E-state index contributed by atoms with van der Waals surface area (Å²) < 4.78 is 5.46. The lowest BCUT2D eigenvalue weighted by atomic mass is 9.97. The van der Waals surface area contributed by atoms with Crippen molar-refractivity contribution < 1.29 is 14.4 Å². The van der Waals surface area contributed by atoms with Crippen LogP contribution in [-0.2, 0) is 0 Å². The van der Waals surface area contributed by atoms with E-state index in [4.69, 9.17) is 9.63 Å². The third-order valence-electron chi connectivity index (χ3n) is 3.19. The maximum Gasteiger partial charge on any atom is 0.359 e. The van der Waals surface area contributed by atoms with Gasteiger partial charge in [-0.3, -0.25) is 0 Å². The topological polar surface area (TPSA) is 63.3 Å². The van der Waals surface area contributed by atoms with Crippen LogP contribution in [0.1, 0.15) is 42.2 Å². The van der Waals surface area contributed by atoms with Crippen LogP contribution in [0.2, 0.25) is 0 Å². The van der Waals surface area contributed by atoms with Crippen molar-refractivity contribution in [3.05, 3.63) is 40.0 Å². The number of carbonyl (C=O) groups is 1. The van der Waals surface area contributed by atoms with Gasteiger partial charge in [-0.2, -0.15) is 0 Å². The molecule has 0 radical (unpaired) electrons. The highest BCUT2D eigenvalue weighted by Gasteiger charge is 2.20. The molecule has 0 aliphatic carbocycles. The summed E-state index contributed by atoms with van der Waals surface area (Å²) in [5.41, 5.74) is 1.94. The van der Waals surface area contributed by atoms with E-state index >= 15 is 0 Å². The fourth-order valence-electron chi connectivity index (χ4n) is 1.79. The Labute approximate surface area is 119 Å². The molecule has 0 amide bonds. The molecular formula is C14H14BrNO3. The van der Waals surface area contributed by atoms with Crippen molar-refractivity contribution in [1.29, 1.82) is 0 Å². The first kappa shape index (κ1) is 13.8. The molecule has 1 heterocycles. The molecule has 0 bridgehead atoms. The highest BCUT2D eigenvalue weighted by Crippen LogP contribution is 2.32. The Morgan fingerprint density at radius 1 is 1.42 bits per heavy atom. The van der Waals surface area contributed by atoms with Gasteiger partial charge in [0.2, 0.25) is 5.69 Å². The van der Waals surface area contributed by atoms with Crippen LogP contribution < -0.4 is 0 Å². The molecule has 0 saturated carbocycles. The summed E-state index contributed by atoms with van der Waals surface area (Å²) in [6.07, 6.45) is 1.08. The van der Waals surface area contributed by atoms with Crippen LogP contribution in [0.25, 0.3) is 11.3 Å². The fraction of sp³-hybridized carbons (Fsp3) is 0.286. The number of aromatic nitrogens is 1. The van der Waals surface area contributed by atoms with Gasteiger partial charge in [0.15, 0.2) is 5.76 Å². The number of carboxylic acids is 1. The molecule has 2 aromatic rings. The van der Waals surface area contributed by atoms with Crippen LogP contribution >= 0.6 is 15.9 Å². The monoisotopic (exact) mass is 323 g/mol. The molecule has 1 unspecified atom stereocenters. The molecule has 1 atom stereocenters. The van der Waals surface area contributed by atoms with Crippen LogP contribution in [0.15, 0.2) is 33.3 Å². The molecule has 100 valence electrons. The van der Waals surface area contributed by atoms with Crippen molar-refractivity contribution >= 4 is 21.9 Å². The first-order valence-electron chi connectivity index (χ1n) is 6.03. The summed E-state index contributed by atoms with van der Waals surface area (Å²) in [6.45, 7) is 4.31. The number of halogens is 1. The number of hydrogen-bond acceptors (Lipinski definition) is 3. The summed E-state index contributed by atoms with van der Waals surface area (Å²) in [5, 5.41) is 12.5. The third-order valence-corrected chi connectivity index (χ3v) is 3.93. The largest absolute Gasteiger partial charge is 0.476 e. The molecule has 1 aromatic heterocycles. The molecule has 2 rings (SSSR count). The second-order valence-corrected chi connectivity index (χ2v) is 5.20. The maximum absolute atomic E-state index is 10.9. The minimum Gasteiger partial charge on any atom is -0.476 e. The van der Waals surface area contributed by atoms with Crippen molar-refractivity contribution in [2.24, 2.45) is 0 Å². The summed E-state index contributed by atoms with van der Waals surface area (Å²) >= 11 is 3.21. The Bertz CT molecular complexity index is 589. The van der Waals surface area contributed by atoms with Gasteiger partial charge in [-0.1, -0.05) is 43.3 Å². The van der Waals surface area contributed by atoms with Gasteiger partial charge in [0.25, 0.3) is 0 Å².